The van der Waals surface area contributed by atoms with Gasteiger partial charge >= 0.3 is 0 Å². The second-order valence-electron chi connectivity index (χ2n) is 8.61. The van der Waals surface area contributed by atoms with Gasteiger partial charge in [0, 0.05) is 24.6 Å². The summed E-state index contributed by atoms with van der Waals surface area (Å²) in [6.45, 7) is 5.35. The summed E-state index contributed by atoms with van der Waals surface area (Å²) < 4.78 is 5.56. The molecule has 0 spiro atoms. The Morgan fingerprint density at radius 3 is 2.84 bits per heavy atom. The molecule has 1 heterocycles. The van der Waals surface area contributed by atoms with Crippen molar-refractivity contribution >= 4 is 0 Å². The number of piperidine rings is 1. The summed E-state index contributed by atoms with van der Waals surface area (Å²) in [7, 11) is 1.77. The molecule has 2 fully saturated rings. The number of fused-ring (bicyclic) bond motifs is 4. The first-order chi connectivity index (χ1) is 12.2. The molecule has 1 saturated carbocycles. The zero-order chi connectivity index (χ0) is 17.4. The Morgan fingerprint density at radius 2 is 2.12 bits per heavy atom. The van der Waals surface area contributed by atoms with Gasteiger partial charge in [0.25, 0.3) is 0 Å². The monoisotopic (exact) mass is 343 g/mol. The van der Waals surface area contributed by atoms with Gasteiger partial charge in [0.15, 0.2) is 0 Å². The molecule has 0 amide bonds. The number of unbranched alkanes of at least 4 members (excludes halogenated alkanes) is 1. The Kier molecular flexibility index (Phi) is 4.81. The van der Waals surface area contributed by atoms with Gasteiger partial charge in [-0.25, -0.2) is 0 Å². The zero-order valence-corrected chi connectivity index (χ0v) is 15.8. The number of benzene rings is 1. The third-order valence-corrected chi connectivity index (χ3v) is 7.27. The maximum absolute atomic E-state index is 9.28. The molecule has 1 saturated heterocycles. The summed E-state index contributed by atoms with van der Waals surface area (Å²) in [5.74, 6) is 2.64. The average Bonchev–Trinajstić information content (AvgIpc) is 3.43. The SMILES string of the molecule is COc1ccc2c(c1)C1(CCCCO)CCN(CC3CC3)C(C2)C1C. The van der Waals surface area contributed by atoms with Gasteiger partial charge in [-0.1, -0.05) is 19.4 Å². The van der Waals surface area contributed by atoms with E-state index in [1.165, 1.54) is 50.8 Å². The van der Waals surface area contributed by atoms with Gasteiger partial charge in [-0.15, -0.1) is 0 Å². The molecule has 4 rings (SSSR count). The lowest BCUT2D eigenvalue weighted by molar-refractivity contribution is 0.0141. The smallest absolute Gasteiger partial charge is 0.119 e. The number of nitrogens with zero attached hydrogens (tertiary/aromatic N) is 1. The third kappa shape index (κ3) is 3.10. The van der Waals surface area contributed by atoms with Crippen LogP contribution in [0.3, 0.4) is 0 Å². The van der Waals surface area contributed by atoms with E-state index in [9.17, 15) is 5.11 Å². The lowest BCUT2D eigenvalue weighted by atomic mass is 9.56. The van der Waals surface area contributed by atoms with Gasteiger partial charge < -0.3 is 9.84 Å². The molecule has 3 atom stereocenters. The molecule has 1 N–H and O–H groups in total. The molecule has 3 heteroatoms. The van der Waals surface area contributed by atoms with Crippen LogP contribution in [0.4, 0.5) is 0 Å². The van der Waals surface area contributed by atoms with E-state index >= 15 is 0 Å². The Hall–Kier alpha value is -1.06. The van der Waals surface area contributed by atoms with Crippen LogP contribution in [0.15, 0.2) is 18.2 Å². The van der Waals surface area contributed by atoms with Crippen molar-refractivity contribution in [1.29, 1.82) is 0 Å². The number of ether oxygens (including phenoxy) is 1. The molecule has 1 aromatic rings. The molecule has 0 aromatic heterocycles. The highest BCUT2D eigenvalue weighted by atomic mass is 16.5. The number of likely N-dealkylation sites (tertiary alicyclic amines) is 1. The van der Waals surface area contributed by atoms with E-state index in [0.717, 1.165) is 24.5 Å². The van der Waals surface area contributed by atoms with E-state index in [4.69, 9.17) is 4.74 Å². The van der Waals surface area contributed by atoms with Crippen molar-refractivity contribution in [1.82, 2.24) is 4.90 Å². The van der Waals surface area contributed by atoms with Crippen molar-refractivity contribution in [2.24, 2.45) is 11.8 Å². The van der Waals surface area contributed by atoms with Crippen LogP contribution in [0.1, 0.15) is 56.6 Å². The predicted octanol–water partition coefficient (Wildman–Crippen LogP) is 3.77. The van der Waals surface area contributed by atoms with Crippen LogP contribution in [0.25, 0.3) is 0 Å². The van der Waals surface area contributed by atoms with Crippen molar-refractivity contribution in [3.63, 3.8) is 0 Å². The predicted molar refractivity (Wildman–Crippen MR) is 101 cm³/mol. The molecular formula is C22H33NO2. The van der Waals surface area contributed by atoms with E-state index in [1.54, 1.807) is 12.7 Å². The highest BCUT2D eigenvalue weighted by Gasteiger charge is 2.51. The molecule has 2 aliphatic carbocycles. The first-order valence-corrected chi connectivity index (χ1v) is 10.2. The number of rotatable bonds is 7. The largest absolute Gasteiger partial charge is 0.497 e. The minimum Gasteiger partial charge on any atom is -0.497 e. The van der Waals surface area contributed by atoms with Crippen LogP contribution in [-0.4, -0.2) is 42.9 Å². The molecule has 25 heavy (non-hydrogen) atoms. The van der Waals surface area contributed by atoms with Crippen LogP contribution in [0.5, 0.6) is 5.75 Å². The Morgan fingerprint density at radius 1 is 1.28 bits per heavy atom. The quantitative estimate of drug-likeness (QED) is 0.765. The van der Waals surface area contributed by atoms with Crippen molar-refractivity contribution in [3.8, 4) is 5.75 Å². The summed E-state index contributed by atoms with van der Waals surface area (Å²) in [4.78, 5) is 2.81. The van der Waals surface area contributed by atoms with Gasteiger partial charge in [-0.3, -0.25) is 4.90 Å². The molecule has 2 bridgehead atoms. The van der Waals surface area contributed by atoms with Crippen LogP contribution >= 0.6 is 0 Å². The standard InChI is InChI=1S/C22H33NO2/c1-16-21-13-18-7-8-19(25-2)14-20(18)22(16,9-3-4-12-24)10-11-23(21)15-17-5-6-17/h7-8,14,16-17,21,24H,3-6,9-13,15H2,1-2H3. The van der Waals surface area contributed by atoms with E-state index < -0.39 is 0 Å². The summed E-state index contributed by atoms with van der Waals surface area (Å²) >= 11 is 0. The van der Waals surface area contributed by atoms with Crippen molar-refractivity contribution in [3.05, 3.63) is 29.3 Å². The number of aliphatic hydroxyl groups is 1. The highest BCUT2D eigenvalue weighted by Crippen LogP contribution is 2.52. The topological polar surface area (TPSA) is 32.7 Å². The maximum Gasteiger partial charge on any atom is 0.119 e. The fraction of sp³-hybridized carbons (Fsp3) is 0.727. The maximum atomic E-state index is 9.28. The zero-order valence-electron chi connectivity index (χ0n) is 15.8. The fourth-order valence-electron chi connectivity index (χ4n) is 5.55. The van der Waals surface area contributed by atoms with Gasteiger partial charge in [-0.2, -0.15) is 0 Å². The molecular weight excluding hydrogens is 310 g/mol. The first-order valence-electron chi connectivity index (χ1n) is 10.2. The summed E-state index contributed by atoms with van der Waals surface area (Å²) in [5, 5.41) is 9.28. The average molecular weight is 344 g/mol. The lowest BCUT2D eigenvalue weighted by Gasteiger charge is -2.56. The third-order valence-electron chi connectivity index (χ3n) is 7.27. The van der Waals surface area contributed by atoms with Crippen molar-refractivity contribution in [2.75, 3.05) is 26.8 Å². The summed E-state index contributed by atoms with van der Waals surface area (Å²) in [6, 6.07) is 7.45. The Labute approximate surface area is 152 Å². The van der Waals surface area contributed by atoms with Gasteiger partial charge in [0.2, 0.25) is 0 Å². The number of hydrogen-bond acceptors (Lipinski definition) is 3. The van der Waals surface area contributed by atoms with Crippen LogP contribution in [0, 0.1) is 11.8 Å². The molecule has 0 radical (unpaired) electrons. The minimum absolute atomic E-state index is 0.266. The van der Waals surface area contributed by atoms with Crippen LogP contribution < -0.4 is 4.74 Å². The fourth-order valence-corrected chi connectivity index (χ4v) is 5.55. The molecule has 1 aromatic carbocycles. The van der Waals surface area contributed by atoms with Gasteiger partial charge in [0.1, 0.15) is 5.75 Å². The minimum atomic E-state index is 0.266. The molecule has 3 unspecified atom stereocenters. The van der Waals surface area contributed by atoms with Crippen LogP contribution in [-0.2, 0) is 11.8 Å². The molecule has 3 aliphatic rings. The number of hydrogen-bond donors (Lipinski definition) is 1. The summed E-state index contributed by atoms with van der Waals surface area (Å²) in [5.41, 5.74) is 3.34. The first kappa shape index (κ1) is 17.4. The van der Waals surface area contributed by atoms with Gasteiger partial charge in [-0.05, 0) is 80.2 Å². The highest BCUT2D eigenvalue weighted by molar-refractivity contribution is 5.45. The Bertz CT molecular complexity index is 612. The van der Waals surface area contributed by atoms with E-state index in [-0.39, 0.29) is 5.41 Å². The van der Waals surface area contributed by atoms with Crippen molar-refractivity contribution in [2.45, 2.75) is 63.3 Å². The molecule has 3 nitrogen and oxygen atoms in total. The molecule has 1 aliphatic heterocycles. The van der Waals surface area contributed by atoms with E-state index in [2.05, 4.69) is 30.0 Å². The van der Waals surface area contributed by atoms with E-state index in [0.29, 0.717) is 18.6 Å². The number of aliphatic hydroxyl groups excluding tert-OH is 1. The lowest BCUT2D eigenvalue weighted by Crippen LogP contribution is -2.59. The second kappa shape index (κ2) is 6.92. The number of methoxy groups -OCH3 is 1. The summed E-state index contributed by atoms with van der Waals surface area (Å²) in [6.07, 6.45) is 8.55. The molecule has 138 valence electrons. The van der Waals surface area contributed by atoms with Crippen LogP contribution in [0.2, 0.25) is 0 Å². The second-order valence-corrected chi connectivity index (χ2v) is 8.61. The normalized spacial score (nSPS) is 31.6. The van der Waals surface area contributed by atoms with Crippen molar-refractivity contribution < 1.29 is 9.84 Å². The van der Waals surface area contributed by atoms with E-state index in [1.807, 2.05) is 0 Å². The Balaban J connectivity index is 1.68. The van der Waals surface area contributed by atoms with Gasteiger partial charge in [0.05, 0.1) is 7.11 Å².